The summed E-state index contributed by atoms with van der Waals surface area (Å²) in [6, 6.07) is 7.30. The van der Waals surface area contributed by atoms with Gasteiger partial charge in [-0.15, -0.1) is 0 Å². The maximum atomic E-state index is 9.12. The molecule has 0 amide bonds. The van der Waals surface area contributed by atoms with Crippen LogP contribution >= 0.6 is 0 Å². The molecule has 11 heavy (non-hydrogen) atoms. The summed E-state index contributed by atoms with van der Waals surface area (Å²) in [6.45, 7) is 1.87. The highest BCUT2D eigenvalue weighted by atomic mass is 16.3. The SMILES string of the molecule is Cc1ccccc1/C(O)=C/O. The van der Waals surface area contributed by atoms with Crippen LogP contribution in [-0.4, -0.2) is 10.2 Å². The molecule has 2 nitrogen and oxygen atoms in total. The van der Waals surface area contributed by atoms with Crippen LogP contribution in [0.15, 0.2) is 30.5 Å². The first-order valence-corrected chi connectivity index (χ1v) is 3.35. The van der Waals surface area contributed by atoms with Crippen LogP contribution in [0, 0.1) is 6.92 Å². The van der Waals surface area contributed by atoms with Gasteiger partial charge in [0.15, 0.2) is 5.76 Å². The summed E-state index contributed by atoms with van der Waals surface area (Å²) in [5.74, 6) is -0.0944. The Labute approximate surface area is 65.4 Å². The Bertz CT molecular complexity index is 277. The van der Waals surface area contributed by atoms with E-state index in [1.54, 1.807) is 6.07 Å². The zero-order chi connectivity index (χ0) is 8.27. The summed E-state index contributed by atoms with van der Waals surface area (Å²) in [4.78, 5) is 0. The summed E-state index contributed by atoms with van der Waals surface area (Å²) >= 11 is 0. The molecule has 0 aliphatic carbocycles. The van der Waals surface area contributed by atoms with Crippen LogP contribution in [0.4, 0.5) is 0 Å². The first-order valence-electron chi connectivity index (χ1n) is 3.35. The molecule has 1 aromatic carbocycles. The van der Waals surface area contributed by atoms with Crippen LogP contribution in [0.25, 0.3) is 5.76 Å². The van der Waals surface area contributed by atoms with Crippen LogP contribution in [0.1, 0.15) is 11.1 Å². The lowest BCUT2D eigenvalue weighted by molar-refractivity contribution is 0.431. The molecule has 0 aliphatic rings. The molecule has 0 bridgehead atoms. The molecule has 0 unspecified atom stereocenters. The van der Waals surface area contributed by atoms with Gasteiger partial charge < -0.3 is 10.2 Å². The average Bonchev–Trinajstić information content (AvgIpc) is 2.04. The zero-order valence-corrected chi connectivity index (χ0v) is 6.28. The summed E-state index contributed by atoms with van der Waals surface area (Å²) in [5.41, 5.74) is 1.60. The first-order chi connectivity index (χ1) is 5.25. The van der Waals surface area contributed by atoms with Crippen LogP contribution < -0.4 is 0 Å². The minimum atomic E-state index is -0.0944. The zero-order valence-electron chi connectivity index (χ0n) is 6.28. The van der Waals surface area contributed by atoms with E-state index in [2.05, 4.69) is 0 Å². The normalized spacial score (nSPS) is 11.5. The van der Waals surface area contributed by atoms with Crippen LogP contribution in [0.3, 0.4) is 0 Å². The molecule has 0 saturated heterocycles. The lowest BCUT2D eigenvalue weighted by Crippen LogP contribution is -1.86. The minimum Gasteiger partial charge on any atom is -0.512 e. The largest absolute Gasteiger partial charge is 0.512 e. The molecule has 0 fully saturated rings. The maximum Gasteiger partial charge on any atom is 0.157 e. The van der Waals surface area contributed by atoms with Gasteiger partial charge in [-0.2, -0.15) is 0 Å². The monoisotopic (exact) mass is 150 g/mol. The van der Waals surface area contributed by atoms with Gasteiger partial charge in [0, 0.05) is 5.56 Å². The molecule has 0 aliphatic heterocycles. The molecule has 0 atom stereocenters. The van der Waals surface area contributed by atoms with Crippen molar-refractivity contribution in [3.05, 3.63) is 41.7 Å². The Balaban J connectivity index is 3.14. The fourth-order valence-corrected chi connectivity index (χ4v) is 0.930. The van der Waals surface area contributed by atoms with Crippen molar-refractivity contribution in [1.29, 1.82) is 0 Å². The number of aliphatic hydroxyl groups excluding tert-OH is 2. The maximum absolute atomic E-state index is 9.12. The Morgan fingerprint density at radius 1 is 1.36 bits per heavy atom. The summed E-state index contributed by atoms with van der Waals surface area (Å²) in [5, 5.41) is 17.6. The highest BCUT2D eigenvalue weighted by Crippen LogP contribution is 2.14. The van der Waals surface area contributed by atoms with Crippen molar-refractivity contribution in [3.63, 3.8) is 0 Å². The highest BCUT2D eigenvalue weighted by Gasteiger charge is 2.00. The molecule has 2 N–H and O–H groups in total. The fourth-order valence-electron chi connectivity index (χ4n) is 0.930. The molecular weight excluding hydrogens is 140 g/mol. The van der Waals surface area contributed by atoms with Gasteiger partial charge >= 0.3 is 0 Å². The number of rotatable bonds is 1. The Hall–Kier alpha value is -1.44. The van der Waals surface area contributed by atoms with E-state index >= 15 is 0 Å². The molecule has 0 heterocycles. The van der Waals surface area contributed by atoms with E-state index in [-0.39, 0.29) is 5.76 Å². The topological polar surface area (TPSA) is 40.5 Å². The van der Waals surface area contributed by atoms with E-state index in [4.69, 9.17) is 10.2 Å². The molecule has 0 saturated carbocycles. The molecule has 58 valence electrons. The van der Waals surface area contributed by atoms with E-state index in [1.807, 2.05) is 25.1 Å². The van der Waals surface area contributed by atoms with E-state index in [0.717, 1.165) is 5.56 Å². The van der Waals surface area contributed by atoms with Crippen LogP contribution in [-0.2, 0) is 0 Å². The van der Waals surface area contributed by atoms with Crippen LogP contribution in [0.5, 0.6) is 0 Å². The van der Waals surface area contributed by atoms with Gasteiger partial charge in [0.25, 0.3) is 0 Å². The van der Waals surface area contributed by atoms with E-state index in [9.17, 15) is 0 Å². The van der Waals surface area contributed by atoms with Gasteiger partial charge in [0.2, 0.25) is 0 Å². The quantitative estimate of drug-likeness (QED) is 0.603. The molecule has 2 heteroatoms. The molecular formula is C9H10O2. The fraction of sp³-hybridized carbons (Fsp3) is 0.111. The van der Waals surface area contributed by atoms with Crippen molar-refractivity contribution >= 4 is 5.76 Å². The van der Waals surface area contributed by atoms with Crippen molar-refractivity contribution in [1.82, 2.24) is 0 Å². The summed E-state index contributed by atoms with van der Waals surface area (Å²) in [6.07, 6.45) is 0.697. The number of aryl methyl sites for hydroxylation is 1. The third-order valence-corrected chi connectivity index (χ3v) is 1.54. The molecule has 0 spiro atoms. The lowest BCUT2D eigenvalue weighted by Gasteiger charge is -2.01. The average molecular weight is 150 g/mol. The van der Waals surface area contributed by atoms with E-state index in [0.29, 0.717) is 11.8 Å². The van der Waals surface area contributed by atoms with E-state index < -0.39 is 0 Å². The van der Waals surface area contributed by atoms with Gasteiger partial charge in [-0.05, 0) is 12.5 Å². The van der Waals surface area contributed by atoms with Gasteiger partial charge in [-0.1, -0.05) is 24.3 Å². The lowest BCUT2D eigenvalue weighted by atomic mass is 10.1. The van der Waals surface area contributed by atoms with Gasteiger partial charge in [0.05, 0.1) is 0 Å². The highest BCUT2D eigenvalue weighted by molar-refractivity contribution is 5.60. The standard InChI is InChI=1S/C9H10O2/c1-7-4-2-3-5-8(7)9(11)6-10/h2-6,10-11H,1H3/b9-6-. The van der Waals surface area contributed by atoms with E-state index in [1.165, 1.54) is 0 Å². The Kier molecular flexibility index (Phi) is 2.16. The second kappa shape index (κ2) is 3.10. The Morgan fingerprint density at radius 3 is 2.55 bits per heavy atom. The predicted octanol–water partition coefficient (Wildman–Crippen LogP) is 2.41. The van der Waals surface area contributed by atoms with Crippen molar-refractivity contribution in [2.75, 3.05) is 0 Å². The third-order valence-electron chi connectivity index (χ3n) is 1.54. The minimum absolute atomic E-state index is 0.0944. The van der Waals surface area contributed by atoms with Gasteiger partial charge in [-0.3, -0.25) is 0 Å². The van der Waals surface area contributed by atoms with Crippen molar-refractivity contribution in [2.24, 2.45) is 0 Å². The second-order valence-corrected chi connectivity index (χ2v) is 2.33. The second-order valence-electron chi connectivity index (χ2n) is 2.33. The molecule has 1 aromatic rings. The molecule has 0 radical (unpaired) electrons. The number of benzene rings is 1. The first kappa shape index (κ1) is 7.66. The van der Waals surface area contributed by atoms with Crippen molar-refractivity contribution < 1.29 is 10.2 Å². The Morgan fingerprint density at radius 2 is 2.00 bits per heavy atom. The summed E-state index contributed by atoms with van der Waals surface area (Å²) in [7, 11) is 0. The number of hydrogen-bond acceptors (Lipinski definition) is 2. The predicted molar refractivity (Wildman–Crippen MR) is 44.4 cm³/mol. The smallest absolute Gasteiger partial charge is 0.157 e. The molecule has 1 rings (SSSR count). The number of aliphatic hydroxyl groups is 2. The van der Waals surface area contributed by atoms with Gasteiger partial charge in [0.1, 0.15) is 6.26 Å². The summed E-state index contributed by atoms with van der Waals surface area (Å²) < 4.78 is 0. The van der Waals surface area contributed by atoms with Gasteiger partial charge in [-0.25, -0.2) is 0 Å². The van der Waals surface area contributed by atoms with Crippen LogP contribution in [0.2, 0.25) is 0 Å². The number of hydrogen-bond donors (Lipinski definition) is 2. The van der Waals surface area contributed by atoms with Crippen molar-refractivity contribution in [2.45, 2.75) is 6.92 Å². The molecule has 0 aromatic heterocycles. The van der Waals surface area contributed by atoms with Crippen molar-refractivity contribution in [3.8, 4) is 0 Å². The third kappa shape index (κ3) is 1.52.